The second-order valence-corrected chi connectivity index (χ2v) is 9.94. The molecule has 2 aliphatic rings. The van der Waals surface area contributed by atoms with E-state index >= 15 is 0 Å². The first kappa shape index (κ1) is 17.4. The Morgan fingerprint density at radius 1 is 1.39 bits per heavy atom. The summed E-state index contributed by atoms with van der Waals surface area (Å²) in [5.41, 5.74) is 0.137. The summed E-state index contributed by atoms with van der Waals surface area (Å²) < 4.78 is 31.1. The lowest BCUT2D eigenvalue weighted by Gasteiger charge is -2.39. The van der Waals surface area contributed by atoms with Crippen molar-refractivity contribution in [3.05, 3.63) is 22.4 Å². The lowest BCUT2D eigenvalue weighted by atomic mass is 9.76. The molecule has 5 nitrogen and oxygen atoms in total. The minimum Gasteiger partial charge on any atom is -0.383 e. The van der Waals surface area contributed by atoms with Crippen LogP contribution in [0.4, 0.5) is 0 Å². The molecule has 0 bridgehead atoms. The second kappa shape index (κ2) is 6.80. The molecule has 0 aliphatic carbocycles. The van der Waals surface area contributed by atoms with Gasteiger partial charge in [-0.2, -0.15) is 4.31 Å². The van der Waals surface area contributed by atoms with Crippen LogP contribution in [0.5, 0.6) is 0 Å². The predicted octanol–water partition coefficient (Wildman–Crippen LogP) is 2.01. The lowest BCUT2D eigenvalue weighted by Crippen LogP contribution is -2.42. The first-order valence-corrected chi connectivity index (χ1v) is 10.9. The van der Waals surface area contributed by atoms with Crippen molar-refractivity contribution in [2.45, 2.75) is 31.8 Å². The van der Waals surface area contributed by atoms with Gasteiger partial charge in [0.05, 0.1) is 12.9 Å². The number of methoxy groups -OCH3 is 1. The number of nitrogens with zero attached hydrogens (tertiary/aromatic N) is 2. The molecule has 2 aliphatic heterocycles. The number of likely N-dealkylation sites (tertiary alicyclic amines) is 1. The molecule has 0 amide bonds. The molecular weight excluding hydrogens is 332 g/mol. The van der Waals surface area contributed by atoms with Crippen molar-refractivity contribution in [3.63, 3.8) is 0 Å². The molecule has 2 saturated heterocycles. The number of ether oxygens (including phenoxy) is 1. The highest BCUT2D eigenvalue weighted by Gasteiger charge is 2.48. The molecule has 3 heterocycles. The van der Waals surface area contributed by atoms with Gasteiger partial charge in [-0.3, -0.25) is 4.90 Å². The third-order valence-corrected chi connectivity index (χ3v) is 7.37. The average Bonchev–Trinajstić information content (AvgIpc) is 3.10. The van der Waals surface area contributed by atoms with Crippen LogP contribution in [-0.2, 0) is 21.3 Å². The Hall–Kier alpha value is -0.470. The largest absolute Gasteiger partial charge is 0.383 e. The summed E-state index contributed by atoms with van der Waals surface area (Å²) in [5.74, 6) is 0. The van der Waals surface area contributed by atoms with Gasteiger partial charge in [0.25, 0.3) is 0 Å². The molecule has 1 atom stereocenters. The number of rotatable bonds is 5. The zero-order valence-electron chi connectivity index (χ0n) is 13.9. The van der Waals surface area contributed by atoms with Crippen LogP contribution >= 0.6 is 11.3 Å². The van der Waals surface area contributed by atoms with Gasteiger partial charge < -0.3 is 4.74 Å². The van der Waals surface area contributed by atoms with Crippen LogP contribution in [0.1, 0.15) is 24.1 Å². The molecule has 3 rings (SSSR count). The van der Waals surface area contributed by atoms with E-state index in [2.05, 4.69) is 22.4 Å². The molecule has 0 aromatic carbocycles. The second-order valence-electron chi connectivity index (χ2n) is 6.98. The van der Waals surface area contributed by atoms with E-state index < -0.39 is 10.0 Å². The Morgan fingerprint density at radius 3 is 2.70 bits per heavy atom. The van der Waals surface area contributed by atoms with Crippen molar-refractivity contribution in [1.29, 1.82) is 0 Å². The van der Waals surface area contributed by atoms with Crippen molar-refractivity contribution in [3.8, 4) is 0 Å². The molecule has 1 spiro atoms. The SMILES string of the molecule is COC[C@@H]1CC2(CCN(Cc3cccs3)CC2)CN1S(C)(=O)=O. The van der Waals surface area contributed by atoms with Gasteiger partial charge >= 0.3 is 0 Å². The fourth-order valence-electron chi connectivity index (χ4n) is 4.02. The van der Waals surface area contributed by atoms with Crippen molar-refractivity contribution in [1.82, 2.24) is 9.21 Å². The highest BCUT2D eigenvalue weighted by Crippen LogP contribution is 2.44. The first-order valence-electron chi connectivity index (χ1n) is 8.12. The minimum absolute atomic E-state index is 0.00107. The van der Waals surface area contributed by atoms with E-state index in [0.29, 0.717) is 13.2 Å². The van der Waals surface area contributed by atoms with Gasteiger partial charge in [0.2, 0.25) is 10.0 Å². The fraction of sp³-hybridized carbons (Fsp3) is 0.750. The van der Waals surface area contributed by atoms with Crippen molar-refractivity contribution in [2.24, 2.45) is 5.41 Å². The van der Waals surface area contributed by atoms with E-state index in [-0.39, 0.29) is 11.5 Å². The number of piperidine rings is 1. The van der Waals surface area contributed by atoms with Gasteiger partial charge in [-0.15, -0.1) is 11.3 Å². The number of hydrogen-bond donors (Lipinski definition) is 0. The number of hydrogen-bond acceptors (Lipinski definition) is 5. The van der Waals surface area contributed by atoms with Crippen molar-refractivity contribution in [2.75, 3.05) is 39.6 Å². The Kier molecular flexibility index (Phi) is 5.13. The van der Waals surface area contributed by atoms with Crippen LogP contribution in [0, 0.1) is 5.41 Å². The smallest absolute Gasteiger partial charge is 0.211 e. The van der Waals surface area contributed by atoms with E-state index in [1.807, 2.05) is 0 Å². The minimum atomic E-state index is -3.16. The van der Waals surface area contributed by atoms with Gasteiger partial charge in [0.15, 0.2) is 0 Å². The standard InChI is InChI=1S/C16H26N2O3S2/c1-21-12-14-10-16(13-18(14)23(2,19)20)5-7-17(8-6-16)11-15-4-3-9-22-15/h3-4,9,14H,5-8,10-13H2,1-2H3/t14-/m0/s1. The highest BCUT2D eigenvalue weighted by atomic mass is 32.2. The third kappa shape index (κ3) is 3.96. The Bertz CT molecular complexity index is 607. The normalized spacial score (nSPS) is 26.1. The maximum Gasteiger partial charge on any atom is 0.211 e. The highest BCUT2D eigenvalue weighted by molar-refractivity contribution is 7.88. The maximum absolute atomic E-state index is 12.1. The van der Waals surface area contributed by atoms with Gasteiger partial charge in [-0.05, 0) is 49.2 Å². The quantitative estimate of drug-likeness (QED) is 0.808. The molecule has 23 heavy (non-hydrogen) atoms. The predicted molar refractivity (Wildman–Crippen MR) is 93.1 cm³/mol. The summed E-state index contributed by atoms with van der Waals surface area (Å²) >= 11 is 1.81. The van der Waals surface area contributed by atoms with Crippen molar-refractivity contribution < 1.29 is 13.2 Å². The monoisotopic (exact) mass is 358 g/mol. The summed E-state index contributed by atoms with van der Waals surface area (Å²) in [6, 6.07) is 4.28. The summed E-state index contributed by atoms with van der Waals surface area (Å²) in [4.78, 5) is 3.90. The van der Waals surface area contributed by atoms with Crippen LogP contribution in [0.25, 0.3) is 0 Å². The van der Waals surface area contributed by atoms with Gasteiger partial charge in [0, 0.05) is 31.1 Å². The van der Waals surface area contributed by atoms with Gasteiger partial charge in [-0.25, -0.2) is 8.42 Å². The van der Waals surface area contributed by atoms with Crippen LogP contribution < -0.4 is 0 Å². The first-order chi connectivity index (χ1) is 10.9. The molecule has 0 N–H and O–H groups in total. The molecule has 0 saturated carbocycles. The molecule has 1 aromatic rings. The van der Waals surface area contributed by atoms with Crippen LogP contribution in [0.2, 0.25) is 0 Å². The van der Waals surface area contributed by atoms with E-state index in [4.69, 9.17) is 4.74 Å². The molecule has 130 valence electrons. The molecule has 7 heteroatoms. The zero-order valence-corrected chi connectivity index (χ0v) is 15.5. The van der Waals surface area contributed by atoms with Gasteiger partial charge in [-0.1, -0.05) is 6.07 Å². The van der Waals surface area contributed by atoms with E-state index in [0.717, 1.165) is 38.9 Å². The molecule has 2 fully saturated rings. The topological polar surface area (TPSA) is 49.9 Å². The van der Waals surface area contributed by atoms with Crippen LogP contribution in [-0.4, -0.2) is 63.3 Å². The molecule has 1 aromatic heterocycles. The van der Waals surface area contributed by atoms with E-state index in [1.54, 1.807) is 22.8 Å². The lowest BCUT2D eigenvalue weighted by molar-refractivity contribution is 0.106. The molecular formula is C16H26N2O3S2. The van der Waals surface area contributed by atoms with Crippen LogP contribution in [0.15, 0.2) is 17.5 Å². The number of sulfonamides is 1. The summed E-state index contributed by atoms with van der Waals surface area (Å²) in [6.07, 6.45) is 4.40. The zero-order chi connectivity index (χ0) is 16.5. The number of thiophene rings is 1. The Balaban J connectivity index is 1.63. The Morgan fingerprint density at radius 2 is 2.13 bits per heavy atom. The molecule has 0 unspecified atom stereocenters. The maximum atomic E-state index is 12.1. The summed E-state index contributed by atoms with van der Waals surface area (Å²) in [7, 11) is -1.51. The average molecular weight is 359 g/mol. The van der Waals surface area contributed by atoms with Crippen LogP contribution in [0.3, 0.4) is 0 Å². The van der Waals surface area contributed by atoms with E-state index in [1.165, 1.54) is 11.1 Å². The fourth-order valence-corrected chi connectivity index (χ4v) is 5.95. The van der Waals surface area contributed by atoms with E-state index in [9.17, 15) is 8.42 Å². The van der Waals surface area contributed by atoms with Gasteiger partial charge in [0.1, 0.15) is 0 Å². The Labute approximate surface area is 143 Å². The molecule has 0 radical (unpaired) electrons. The summed E-state index contributed by atoms with van der Waals surface area (Å²) in [6.45, 7) is 4.27. The summed E-state index contributed by atoms with van der Waals surface area (Å²) in [5, 5.41) is 2.12. The van der Waals surface area contributed by atoms with Crippen molar-refractivity contribution >= 4 is 21.4 Å². The third-order valence-electron chi connectivity index (χ3n) is 5.23.